The highest BCUT2D eigenvalue weighted by atomic mass is 14.9. The zero-order chi connectivity index (χ0) is 6.97. The summed E-state index contributed by atoms with van der Waals surface area (Å²) in [5, 5.41) is 0. The predicted octanol–water partition coefficient (Wildman–Crippen LogP) is 0.873. The van der Waals surface area contributed by atoms with E-state index < -0.39 is 0 Å². The van der Waals surface area contributed by atoms with E-state index in [1.54, 1.807) is 12.4 Å². The van der Waals surface area contributed by atoms with E-state index in [1.807, 2.05) is 0 Å². The molecular formula is C7H9N3. The lowest BCUT2D eigenvalue weighted by molar-refractivity contribution is 1.21. The van der Waals surface area contributed by atoms with E-state index in [9.17, 15) is 0 Å². The average Bonchev–Trinajstić information content (AvgIpc) is 2.65. The molecule has 1 aliphatic carbocycles. The van der Waals surface area contributed by atoms with Gasteiger partial charge in [0.25, 0.3) is 0 Å². The summed E-state index contributed by atoms with van der Waals surface area (Å²) in [6, 6.07) is 0. The number of hydrogen-bond acceptors (Lipinski definition) is 2. The normalized spacial score (nSPS) is 15.4. The highest BCUT2D eigenvalue weighted by Gasteiger charge is 2.17. The Labute approximate surface area is 59.0 Å². The first kappa shape index (κ1) is 5.53. The van der Waals surface area contributed by atoms with Crippen LogP contribution < -0.4 is 5.73 Å². The van der Waals surface area contributed by atoms with E-state index in [0.29, 0.717) is 0 Å². The third-order valence-corrected chi connectivity index (χ3v) is 1.63. The van der Waals surface area contributed by atoms with Gasteiger partial charge in [-0.25, -0.2) is 4.98 Å². The molecule has 1 heterocycles. The Balaban J connectivity index is 2.36. The van der Waals surface area contributed by atoms with Gasteiger partial charge < -0.3 is 10.7 Å². The number of hydrogen-bond donors (Lipinski definition) is 2. The molecule has 0 amide bonds. The van der Waals surface area contributed by atoms with Gasteiger partial charge in [-0.3, -0.25) is 0 Å². The molecule has 1 aromatic rings. The third kappa shape index (κ3) is 0.795. The van der Waals surface area contributed by atoms with Crippen molar-refractivity contribution < 1.29 is 0 Å². The minimum Gasteiger partial charge on any atom is -0.396 e. The number of rotatable bonds is 1. The Bertz CT molecular complexity index is 252. The first-order valence-electron chi connectivity index (χ1n) is 3.35. The minimum atomic E-state index is 0.813. The van der Waals surface area contributed by atoms with E-state index in [-0.39, 0.29) is 0 Å². The summed E-state index contributed by atoms with van der Waals surface area (Å²) in [4.78, 5) is 7.00. The summed E-state index contributed by atoms with van der Waals surface area (Å²) in [5.74, 6) is 0.813. The smallest absolute Gasteiger partial charge is 0.153 e. The van der Waals surface area contributed by atoms with Gasteiger partial charge in [0.1, 0.15) is 0 Å². The van der Waals surface area contributed by atoms with Crippen LogP contribution >= 0.6 is 0 Å². The monoisotopic (exact) mass is 135 g/mol. The number of nitrogens with zero attached hydrogens (tertiary/aromatic N) is 1. The van der Waals surface area contributed by atoms with Gasteiger partial charge >= 0.3 is 0 Å². The molecule has 0 saturated heterocycles. The molecule has 0 aromatic carbocycles. The second-order valence-electron chi connectivity index (χ2n) is 2.46. The number of nitrogens with one attached hydrogen (secondary N) is 1. The molecule has 52 valence electrons. The van der Waals surface area contributed by atoms with Crippen LogP contribution in [-0.2, 0) is 0 Å². The van der Waals surface area contributed by atoms with Crippen LogP contribution in [0, 0.1) is 0 Å². The van der Waals surface area contributed by atoms with Crippen LogP contribution in [0.4, 0.5) is 0 Å². The van der Waals surface area contributed by atoms with Gasteiger partial charge in [0, 0.05) is 12.4 Å². The maximum atomic E-state index is 5.73. The van der Waals surface area contributed by atoms with E-state index in [4.69, 9.17) is 5.73 Å². The van der Waals surface area contributed by atoms with Crippen LogP contribution in [-0.4, -0.2) is 9.97 Å². The maximum Gasteiger partial charge on any atom is 0.153 e. The van der Waals surface area contributed by atoms with Gasteiger partial charge in [0.05, 0.1) is 5.70 Å². The predicted molar refractivity (Wildman–Crippen MR) is 38.9 cm³/mol. The molecule has 0 aliphatic heterocycles. The van der Waals surface area contributed by atoms with E-state index in [2.05, 4.69) is 9.97 Å². The molecule has 2 rings (SSSR count). The van der Waals surface area contributed by atoms with Crippen molar-refractivity contribution in [2.45, 2.75) is 12.8 Å². The van der Waals surface area contributed by atoms with E-state index in [0.717, 1.165) is 24.4 Å². The number of aromatic amines is 1. The van der Waals surface area contributed by atoms with Crippen LogP contribution in [0.5, 0.6) is 0 Å². The minimum absolute atomic E-state index is 0.813. The van der Waals surface area contributed by atoms with Crippen molar-refractivity contribution in [2.24, 2.45) is 5.73 Å². The van der Waals surface area contributed by atoms with Crippen LogP contribution in [0.1, 0.15) is 18.7 Å². The third-order valence-electron chi connectivity index (χ3n) is 1.63. The highest BCUT2D eigenvalue weighted by Crippen LogP contribution is 2.32. The summed E-state index contributed by atoms with van der Waals surface area (Å²) in [6.07, 6.45) is 5.79. The lowest BCUT2D eigenvalue weighted by Gasteiger charge is -1.91. The van der Waals surface area contributed by atoms with Gasteiger partial charge in [-0.15, -0.1) is 0 Å². The molecule has 1 fully saturated rings. The van der Waals surface area contributed by atoms with E-state index in [1.165, 1.54) is 5.57 Å². The number of allylic oxidation sites excluding steroid dienone is 1. The van der Waals surface area contributed by atoms with Crippen LogP contribution in [0.15, 0.2) is 18.0 Å². The van der Waals surface area contributed by atoms with Crippen molar-refractivity contribution in [1.29, 1.82) is 0 Å². The van der Waals surface area contributed by atoms with E-state index >= 15 is 0 Å². The second-order valence-corrected chi connectivity index (χ2v) is 2.46. The van der Waals surface area contributed by atoms with Gasteiger partial charge in [-0.05, 0) is 18.4 Å². The van der Waals surface area contributed by atoms with Crippen LogP contribution in [0.3, 0.4) is 0 Å². The lowest BCUT2D eigenvalue weighted by Crippen LogP contribution is -1.97. The summed E-state index contributed by atoms with van der Waals surface area (Å²) >= 11 is 0. The van der Waals surface area contributed by atoms with Crippen molar-refractivity contribution in [3.05, 3.63) is 23.8 Å². The lowest BCUT2D eigenvalue weighted by atomic mass is 10.4. The molecule has 10 heavy (non-hydrogen) atoms. The molecule has 3 N–H and O–H groups in total. The molecule has 0 bridgehead atoms. The first-order valence-corrected chi connectivity index (χ1v) is 3.35. The fraction of sp³-hybridized carbons (Fsp3) is 0.286. The molecular weight excluding hydrogens is 126 g/mol. The molecule has 3 heteroatoms. The van der Waals surface area contributed by atoms with Gasteiger partial charge in [0.15, 0.2) is 5.82 Å². The maximum absolute atomic E-state index is 5.73. The van der Waals surface area contributed by atoms with Crippen molar-refractivity contribution >= 4 is 5.70 Å². The molecule has 0 spiro atoms. The summed E-state index contributed by atoms with van der Waals surface area (Å²) in [5.41, 5.74) is 7.90. The standard InChI is InChI=1S/C7H9N3/c8-6(5-1-2-5)7-9-3-4-10-7/h3-4H,1-2,8H2,(H,9,10). The number of nitrogens with two attached hydrogens (primary N) is 1. The zero-order valence-electron chi connectivity index (χ0n) is 5.59. The Kier molecular flexibility index (Phi) is 1.03. The average molecular weight is 135 g/mol. The van der Waals surface area contributed by atoms with Gasteiger partial charge in [-0.1, -0.05) is 0 Å². The quantitative estimate of drug-likeness (QED) is 0.600. The summed E-state index contributed by atoms with van der Waals surface area (Å²) < 4.78 is 0. The van der Waals surface area contributed by atoms with Crippen molar-refractivity contribution in [1.82, 2.24) is 9.97 Å². The van der Waals surface area contributed by atoms with Crippen LogP contribution in [0.25, 0.3) is 5.70 Å². The fourth-order valence-electron chi connectivity index (χ4n) is 0.912. The fourth-order valence-corrected chi connectivity index (χ4v) is 0.912. The number of H-pyrrole nitrogens is 1. The Morgan fingerprint density at radius 3 is 2.90 bits per heavy atom. The molecule has 3 nitrogen and oxygen atoms in total. The SMILES string of the molecule is NC(=C1CC1)c1ncc[nH]1. The molecule has 1 aromatic heterocycles. The second kappa shape index (κ2) is 1.87. The summed E-state index contributed by atoms with van der Waals surface area (Å²) in [6.45, 7) is 0. The largest absolute Gasteiger partial charge is 0.396 e. The number of aromatic nitrogens is 2. The highest BCUT2D eigenvalue weighted by molar-refractivity contribution is 5.63. The van der Waals surface area contributed by atoms with Gasteiger partial charge in [0.2, 0.25) is 0 Å². The molecule has 0 radical (unpaired) electrons. The molecule has 0 unspecified atom stereocenters. The Morgan fingerprint density at radius 2 is 2.40 bits per heavy atom. The number of imidazole rings is 1. The van der Waals surface area contributed by atoms with Crippen molar-refractivity contribution in [2.75, 3.05) is 0 Å². The zero-order valence-corrected chi connectivity index (χ0v) is 5.59. The Morgan fingerprint density at radius 1 is 1.60 bits per heavy atom. The van der Waals surface area contributed by atoms with Crippen LogP contribution in [0.2, 0.25) is 0 Å². The van der Waals surface area contributed by atoms with Gasteiger partial charge in [-0.2, -0.15) is 0 Å². The summed E-state index contributed by atoms with van der Waals surface area (Å²) in [7, 11) is 0. The Hall–Kier alpha value is -1.25. The molecule has 1 aliphatic rings. The molecule has 0 atom stereocenters. The first-order chi connectivity index (χ1) is 4.88. The van der Waals surface area contributed by atoms with Crippen molar-refractivity contribution in [3.63, 3.8) is 0 Å². The molecule has 1 saturated carbocycles. The topological polar surface area (TPSA) is 54.7 Å². The van der Waals surface area contributed by atoms with Crippen molar-refractivity contribution in [3.8, 4) is 0 Å².